The molecule has 0 amide bonds. The zero-order chi connectivity index (χ0) is 12.9. The van der Waals surface area contributed by atoms with Crippen molar-refractivity contribution in [3.63, 3.8) is 0 Å². The lowest BCUT2D eigenvalue weighted by Gasteiger charge is -2.18. The number of fused-ring (bicyclic) bond motifs is 2. The Balaban J connectivity index is 1.85. The van der Waals surface area contributed by atoms with Crippen LogP contribution in [0.5, 0.6) is 0 Å². The van der Waals surface area contributed by atoms with Gasteiger partial charge < -0.3 is 9.47 Å². The Morgan fingerprint density at radius 3 is 3.00 bits per heavy atom. The SMILES string of the molecule is C=C1C(=O)O[C@@H]2/C=C(\C)CC[C@H]3O[C@@]3(C)CC[C@@H]12. The van der Waals surface area contributed by atoms with Gasteiger partial charge in [0.25, 0.3) is 0 Å². The van der Waals surface area contributed by atoms with Crippen LogP contribution in [0.3, 0.4) is 0 Å². The van der Waals surface area contributed by atoms with E-state index in [9.17, 15) is 4.79 Å². The summed E-state index contributed by atoms with van der Waals surface area (Å²) in [6, 6.07) is 0. The summed E-state index contributed by atoms with van der Waals surface area (Å²) >= 11 is 0. The molecule has 3 heteroatoms. The molecule has 1 aliphatic carbocycles. The van der Waals surface area contributed by atoms with E-state index in [-0.39, 0.29) is 23.6 Å². The van der Waals surface area contributed by atoms with Crippen LogP contribution in [0.2, 0.25) is 0 Å². The van der Waals surface area contributed by atoms with Gasteiger partial charge in [-0.1, -0.05) is 12.2 Å². The topological polar surface area (TPSA) is 38.8 Å². The van der Waals surface area contributed by atoms with Crippen molar-refractivity contribution in [2.75, 3.05) is 0 Å². The summed E-state index contributed by atoms with van der Waals surface area (Å²) in [5.74, 6) is -0.0982. The summed E-state index contributed by atoms with van der Waals surface area (Å²) in [5, 5.41) is 0. The minimum Gasteiger partial charge on any atom is -0.454 e. The summed E-state index contributed by atoms with van der Waals surface area (Å²) in [6.45, 7) is 8.17. The molecule has 3 nitrogen and oxygen atoms in total. The normalized spacial score (nSPS) is 46.6. The molecule has 0 unspecified atom stereocenters. The first-order valence-corrected chi connectivity index (χ1v) is 6.74. The molecule has 3 aliphatic rings. The molecular weight excluding hydrogens is 228 g/mol. The lowest BCUT2D eigenvalue weighted by molar-refractivity contribution is -0.137. The molecule has 0 aromatic rings. The van der Waals surface area contributed by atoms with Gasteiger partial charge in [-0.05, 0) is 45.6 Å². The average Bonchev–Trinajstić information content (AvgIpc) is 2.89. The van der Waals surface area contributed by atoms with Crippen molar-refractivity contribution in [2.45, 2.75) is 57.3 Å². The van der Waals surface area contributed by atoms with E-state index in [1.165, 1.54) is 5.57 Å². The van der Waals surface area contributed by atoms with E-state index < -0.39 is 0 Å². The van der Waals surface area contributed by atoms with Gasteiger partial charge in [0.2, 0.25) is 0 Å². The number of allylic oxidation sites excluding steroid dienone is 1. The number of esters is 1. The summed E-state index contributed by atoms with van der Waals surface area (Å²) in [6.07, 6.45) is 6.39. The molecule has 2 heterocycles. The van der Waals surface area contributed by atoms with Crippen LogP contribution in [0.1, 0.15) is 39.5 Å². The van der Waals surface area contributed by atoms with E-state index in [0.29, 0.717) is 11.7 Å². The maximum atomic E-state index is 11.6. The van der Waals surface area contributed by atoms with Crippen LogP contribution in [-0.2, 0) is 14.3 Å². The van der Waals surface area contributed by atoms with Gasteiger partial charge in [0.1, 0.15) is 6.10 Å². The zero-order valence-corrected chi connectivity index (χ0v) is 11.1. The number of hydrogen-bond acceptors (Lipinski definition) is 3. The highest BCUT2D eigenvalue weighted by molar-refractivity contribution is 5.91. The fourth-order valence-corrected chi connectivity index (χ4v) is 3.16. The molecule has 2 fully saturated rings. The number of carbonyl (C=O) groups excluding carboxylic acids is 1. The molecule has 0 bridgehead atoms. The van der Waals surface area contributed by atoms with Crippen molar-refractivity contribution in [1.29, 1.82) is 0 Å². The quantitative estimate of drug-likeness (QED) is 0.286. The third-order valence-electron chi connectivity index (χ3n) is 4.59. The smallest absolute Gasteiger partial charge is 0.334 e. The van der Waals surface area contributed by atoms with E-state index in [2.05, 4.69) is 26.5 Å². The summed E-state index contributed by atoms with van der Waals surface area (Å²) in [4.78, 5) is 11.6. The third-order valence-corrected chi connectivity index (χ3v) is 4.59. The van der Waals surface area contributed by atoms with Crippen LogP contribution in [0.25, 0.3) is 0 Å². The first kappa shape index (κ1) is 12.0. The molecular formula is C15H20O3. The molecule has 0 radical (unpaired) electrons. The highest BCUT2D eigenvalue weighted by Gasteiger charge is 2.52. The van der Waals surface area contributed by atoms with Gasteiger partial charge >= 0.3 is 5.97 Å². The van der Waals surface area contributed by atoms with E-state index in [1.807, 2.05) is 0 Å². The van der Waals surface area contributed by atoms with Gasteiger partial charge in [0.15, 0.2) is 0 Å². The van der Waals surface area contributed by atoms with E-state index in [0.717, 1.165) is 25.7 Å². The van der Waals surface area contributed by atoms with Gasteiger partial charge in [-0.25, -0.2) is 4.79 Å². The summed E-state index contributed by atoms with van der Waals surface area (Å²) in [7, 11) is 0. The molecule has 98 valence electrons. The second-order valence-corrected chi connectivity index (χ2v) is 6.01. The number of ether oxygens (including phenoxy) is 2. The molecule has 0 spiro atoms. The van der Waals surface area contributed by atoms with Crippen LogP contribution in [-0.4, -0.2) is 23.8 Å². The maximum Gasteiger partial charge on any atom is 0.334 e. The zero-order valence-electron chi connectivity index (χ0n) is 11.1. The Morgan fingerprint density at radius 1 is 1.44 bits per heavy atom. The Bertz CT molecular complexity index is 437. The second-order valence-electron chi connectivity index (χ2n) is 6.01. The average molecular weight is 248 g/mol. The second kappa shape index (κ2) is 3.95. The molecule has 0 aromatic heterocycles. The Labute approximate surface area is 108 Å². The molecule has 18 heavy (non-hydrogen) atoms. The van der Waals surface area contributed by atoms with Crippen LogP contribution in [0, 0.1) is 5.92 Å². The first-order valence-electron chi connectivity index (χ1n) is 6.74. The van der Waals surface area contributed by atoms with E-state index in [1.54, 1.807) is 0 Å². The van der Waals surface area contributed by atoms with Gasteiger partial charge in [0, 0.05) is 11.5 Å². The predicted octanol–water partition coefficient (Wildman–Crippen LogP) is 2.76. The molecule has 2 aliphatic heterocycles. The van der Waals surface area contributed by atoms with Crippen molar-refractivity contribution < 1.29 is 14.3 Å². The number of epoxide rings is 1. The standard InChI is InChI=1S/C15H20O3/c1-9-4-5-13-15(3,18-13)7-6-11-10(2)14(16)17-12(11)8-9/h8,11-13H,2,4-7H2,1,3H3/b9-8+/t11-,12+,13+,15-/m0/s1. The molecule has 4 atom stereocenters. The Kier molecular flexibility index (Phi) is 2.63. The van der Waals surface area contributed by atoms with Crippen molar-refractivity contribution in [3.8, 4) is 0 Å². The van der Waals surface area contributed by atoms with Crippen molar-refractivity contribution in [1.82, 2.24) is 0 Å². The van der Waals surface area contributed by atoms with Crippen molar-refractivity contribution in [3.05, 3.63) is 23.8 Å². The largest absolute Gasteiger partial charge is 0.454 e. The molecule has 0 aromatic carbocycles. The molecule has 0 N–H and O–H groups in total. The Morgan fingerprint density at radius 2 is 2.22 bits per heavy atom. The van der Waals surface area contributed by atoms with E-state index >= 15 is 0 Å². The minimum atomic E-state index is -0.230. The minimum absolute atomic E-state index is 0.0219. The van der Waals surface area contributed by atoms with Gasteiger partial charge in [0.05, 0.1) is 11.7 Å². The van der Waals surface area contributed by atoms with Gasteiger partial charge in [-0.3, -0.25) is 0 Å². The molecule has 2 saturated heterocycles. The van der Waals surface area contributed by atoms with Crippen LogP contribution in [0.15, 0.2) is 23.8 Å². The number of rotatable bonds is 0. The first-order chi connectivity index (χ1) is 8.49. The summed E-state index contributed by atoms with van der Waals surface area (Å²) in [5.41, 5.74) is 1.94. The van der Waals surface area contributed by atoms with Gasteiger partial charge in [-0.15, -0.1) is 0 Å². The predicted molar refractivity (Wildman–Crippen MR) is 68.0 cm³/mol. The Hall–Kier alpha value is -1.09. The van der Waals surface area contributed by atoms with E-state index in [4.69, 9.17) is 9.47 Å². The lowest BCUT2D eigenvalue weighted by Crippen LogP contribution is -2.20. The monoisotopic (exact) mass is 248 g/mol. The third kappa shape index (κ3) is 1.91. The summed E-state index contributed by atoms with van der Waals surface area (Å²) < 4.78 is 11.2. The number of hydrogen-bond donors (Lipinski definition) is 0. The van der Waals surface area contributed by atoms with Crippen LogP contribution < -0.4 is 0 Å². The lowest BCUT2D eigenvalue weighted by atomic mass is 9.85. The van der Waals surface area contributed by atoms with Crippen molar-refractivity contribution in [2.24, 2.45) is 5.92 Å². The van der Waals surface area contributed by atoms with Crippen LogP contribution in [0.4, 0.5) is 0 Å². The van der Waals surface area contributed by atoms with Crippen molar-refractivity contribution >= 4 is 5.97 Å². The fraction of sp³-hybridized carbons (Fsp3) is 0.667. The van der Waals surface area contributed by atoms with Gasteiger partial charge in [-0.2, -0.15) is 0 Å². The number of carbonyl (C=O) groups is 1. The fourth-order valence-electron chi connectivity index (χ4n) is 3.16. The highest BCUT2D eigenvalue weighted by Crippen LogP contribution is 2.46. The maximum absolute atomic E-state index is 11.6. The highest BCUT2D eigenvalue weighted by atomic mass is 16.6. The molecule has 0 saturated carbocycles. The molecule has 3 rings (SSSR count). The van der Waals surface area contributed by atoms with Crippen LogP contribution >= 0.6 is 0 Å².